The molecule has 5 rings (SSSR count). The molecule has 0 amide bonds. The lowest BCUT2D eigenvalue weighted by atomic mass is 10.00. The van der Waals surface area contributed by atoms with Crippen molar-refractivity contribution >= 4 is 44.5 Å². The number of carboxylic acids is 2. The van der Waals surface area contributed by atoms with Crippen LogP contribution in [0, 0.1) is 0 Å². The number of benzene rings is 3. The van der Waals surface area contributed by atoms with Crippen LogP contribution in [-0.4, -0.2) is 32.1 Å². The van der Waals surface area contributed by atoms with Gasteiger partial charge in [0.05, 0.1) is 22.2 Å². The number of pyridine rings is 2. The topological polar surface area (TPSA) is 100 Å². The van der Waals surface area contributed by atoms with Gasteiger partial charge in [0.2, 0.25) is 0 Å². The van der Waals surface area contributed by atoms with E-state index in [1.54, 1.807) is 24.3 Å². The zero-order valence-electron chi connectivity index (χ0n) is 15.7. The van der Waals surface area contributed by atoms with E-state index in [9.17, 15) is 9.59 Å². The van der Waals surface area contributed by atoms with Crippen LogP contribution >= 0.6 is 0 Å². The highest BCUT2D eigenvalue weighted by Crippen LogP contribution is 2.23. The number of rotatable bonds is 2. The lowest BCUT2D eigenvalue weighted by Gasteiger charge is -2.05. The molecule has 0 aliphatic carbocycles. The van der Waals surface area contributed by atoms with Crippen molar-refractivity contribution < 1.29 is 19.8 Å². The second-order valence-electron chi connectivity index (χ2n) is 6.52. The van der Waals surface area contributed by atoms with Gasteiger partial charge in [0, 0.05) is 23.2 Å². The van der Waals surface area contributed by atoms with Crippen LogP contribution in [0.2, 0.25) is 0 Å². The first-order chi connectivity index (χ1) is 14.6. The average Bonchev–Trinajstić information content (AvgIpc) is 2.78. The summed E-state index contributed by atoms with van der Waals surface area (Å²) >= 11 is 0. The molecule has 0 spiro atoms. The van der Waals surface area contributed by atoms with Crippen LogP contribution in [0.1, 0.15) is 20.7 Å². The van der Waals surface area contributed by atoms with Crippen molar-refractivity contribution in [1.29, 1.82) is 0 Å². The van der Waals surface area contributed by atoms with Crippen LogP contribution in [0.15, 0.2) is 85.2 Å². The SMILES string of the molecule is O=C(O)c1ccc(C(=O)O)c2ccccc12.c1cnc2ccc3ncccc3c2c1. The molecule has 2 heterocycles. The summed E-state index contributed by atoms with van der Waals surface area (Å²) in [5.41, 5.74) is 2.27. The number of fused-ring (bicyclic) bond motifs is 4. The second kappa shape index (κ2) is 7.97. The number of aromatic carboxylic acids is 2. The molecular formula is C24H16N2O4. The van der Waals surface area contributed by atoms with Gasteiger partial charge in [0.15, 0.2) is 0 Å². The van der Waals surface area contributed by atoms with Crippen LogP contribution in [0.5, 0.6) is 0 Å². The summed E-state index contributed by atoms with van der Waals surface area (Å²) in [6.07, 6.45) is 3.62. The highest BCUT2D eigenvalue weighted by Gasteiger charge is 2.14. The van der Waals surface area contributed by atoms with E-state index >= 15 is 0 Å². The number of carbonyl (C=O) groups is 2. The van der Waals surface area contributed by atoms with Gasteiger partial charge in [-0.3, -0.25) is 9.97 Å². The largest absolute Gasteiger partial charge is 0.478 e. The monoisotopic (exact) mass is 396 g/mol. The fraction of sp³-hybridized carbons (Fsp3) is 0. The Bertz CT molecular complexity index is 1310. The molecule has 0 atom stereocenters. The van der Waals surface area contributed by atoms with Gasteiger partial charge in [0.25, 0.3) is 0 Å². The molecular weight excluding hydrogens is 380 g/mol. The first-order valence-corrected chi connectivity index (χ1v) is 9.13. The smallest absolute Gasteiger partial charge is 0.336 e. The molecule has 3 aromatic carbocycles. The maximum atomic E-state index is 10.9. The Labute approximate surface area is 171 Å². The predicted molar refractivity (Wildman–Crippen MR) is 115 cm³/mol. The zero-order chi connectivity index (χ0) is 21.1. The lowest BCUT2D eigenvalue weighted by Crippen LogP contribution is -2.02. The summed E-state index contributed by atoms with van der Waals surface area (Å²) in [4.78, 5) is 30.5. The molecule has 0 bridgehead atoms. The normalized spacial score (nSPS) is 10.5. The molecule has 0 saturated carbocycles. The molecule has 146 valence electrons. The fourth-order valence-electron chi connectivity index (χ4n) is 3.39. The van der Waals surface area contributed by atoms with E-state index in [0.29, 0.717) is 10.8 Å². The molecule has 6 nitrogen and oxygen atoms in total. The highest BCUT2D eigenvalue weighted by molar-refractivity contribution is 6.11. The standard InChI is InChI=1S/C12H8N2.C12H8O4/c1-3-9-10-4-2-8-14-12(10)6-5-11(9)13-7-1;13-11(14)9-5-6-10(12(15)16)8-4-2-1-3-7(8)9/h1-8H;1-6H,(H,13,14)(H,15,16). The molecule has 0 aliphatic heterocycles. The van der Waals surface area contributed by atoms with Gasteiger partial charge in [-0.1, -0.05) is 36.4 Å². The van der Waals surface area contributed by atoms with E-state index in [4.69, 9.17) is 10.2 Å². The van der Waals surface area contributed by atoms with Crippen molar-refractivity contribution in [3.63, 3.8) is 0 Å². The molecule has 0 radical (unpaired) electrons. The summed E-state index contributed by atoms with van der Waals surface area (Å²) in [6, 6.07) is 21.3. The number of carboxylic acid groups (broad SMARTS) is 2. The minimum atomic E-state index is -1.06. The number of aromatic nitrogens is 2. The Morgan fingerprint density at radius 2 is 0.933 bits per heavy atom. The summed E-state index contributed by atoms with van der Waals surface area (Å²) in [6.45, 7) is 0. The van der Waals surface area contributed by atoms with Gasteiger partial charge >= 0.3 is 11.9 Å². The Morgan fingerprint density at radius 1 is 0.533 bits per heavy atom. The first kappa shape index (κ1) is 19.0. The van der Waals surface area contributed by atoms with E-state index < -0.39 is 11.9 Å². The lowest BCUT2D eigenvalue weighted by molar-refractivity contribution is 0.0684. The molecule has 2 aromatic heterocycles. The van der Waals surface area contributed by atoms with Crippen molar-refractivity contribution in [2.75, 3.05) is 0 Å². The maximum Gasteiger partial charge on any atom is 0.336 e. The summed E-state index contributed by atoms with van der Waals surface area (Å²) in [7, 11) is 0. The van der Waals surface area contributed by atoms with Gasteiger partial charge in [-0.15, -0.1) is 0 Å². The van der Waals surface area contributed by atoms with Crippen molar-refractivity contribution in [3.8, 4) is 0 Å². The third kappa shape index (κ3) is 3.54. The molecule has 6 heteroatoms. The highest BCUT2D eigenvalue weighted by atomic mass is 16.4. The molecule has 0 fully saturated rings. The first-order valence-electron chi connectivity index (χ1n) is 9.13. The van der Waals surface area contributed by atoms with Crippen LogP contribution < -0.4 is 0 Å². The van der Waals surface area contributed by atoms with Gasteiger partial charge in [0.1, 0.15) is 0 Å². The van der Waals surface area contributed by atoms with E-state index in [2.05, 4.69) is 22.1 Å². The third-order valence-electron chi connectivity index (χ3n) is 4.75. The predicted octanol–water partition coefficient (Wildman–Crippen LogP) is 5.02. The quantitative estimate of drug-likeness (QED) is 0.406. The summed E-state index contributed by atoms with van der Waals surface area (Å²) < 4.78 is 0. The fourth-order valence-corrected chi connectivity index (χ4v) is 3.39. The van der Waals surface area contributed by atoms with Gasteiger partial charge < -0.3 is 10.2 Å². The molecule has 5 aromatic rings. The third-order valence-corrected chi connectivity index (χ3v) is 4.75. The van der Waals surface area contributed by atoms with Crippen molar-refractivity contribution in [1.82, 2.24) is 9.97 Å². The van der Waals surface area contributed by atoms with Crippen molar-refractivity contribution in [2.45, 2.75) is 0 Å². The average molecular weight is 396 g/mol. The minimum Gasteiger partial charge on any atom is -0.478 e. The van der Waals surface area contributed by atoms with E-state index in [0.717, 1.165) is 21.8 Å². The summed E-state index contributed by atoms with van der Waals surface area (Å²) in [5.74, 6) is -2.12. The molecule has 0 aliphatic rings. The molecule has 2 N–H and O–H groups in total. The van der Waals surface area contributed by atoms with Crippen LogP contribution in [0.25, 0.3) is 32.6 Å². The Balaban J connectivity index is 0.000000146. The second-order valence-corrected chi connectivity index (χ2v) is 6.52. The van der Waals surface area contributed by atoms with E-state index in [1.807, 2.05) is 36.7 Å². The van der Waals surface area contributed by atoms with Crippen molar-refractivity contribution in [3.05, 3.63) is 96.3 Å². The molecule has 30 heavy (non-hydrogen) atoms. The molecule has 0 unspecified atom stereocenters. The Morgan fingerprint density at radius 3 is 1.33 bits per heavy atom. The number of hydrogen-bond donors (Lipinski definition) is 2. The Hall–Kier alpha value is -4.32. The van der Waals surface area contributed by atoms with Crippen LogP contribution in [0.3, 0.4) is 0 Å². The molecule has 0 saturated heterocycles. The number of nitrogens with zero attached hydrogens (tertiary/aromatic N) is 2. The van der Waals surface area contributed by atoms with E-state index in [1.165, 1.54) is 12.1 Å². The van der Waals surface area contributed by atoms with Gasteiger partial charge in [-0.2, -0.15) is 0 Å². The van der Waals surface area contributed by atoms with Crippen molar-refractivity contribution in [2.24, 2.45) is 0 Å². The van der Waals surface area contributed by atoms with Gasteiger partial charge in [-0.05, 0) is 47.2 Å². The maximum absolute atomic E-state index is 10.9. The number of hydrogen-bond acceptors (Lipinski definition) is 4. The zero-order valence-corrected chi connectivity index (χ0v) is 15.7. The minimum absolute atomic E-state index is 0.112. The van der Waals surface area contributed by atoms with Crippen LogP contribution in [-0.2, 0) is 0 Å². The van der Waals surface area contributed by atoms with Gasteiger partial charge in [-0.25, -0.2) is 9.59 Å². The van der Waals surface area contributed by atoms with E-state index in [-0.39, 0.29) is 11.1 Å². The Kier molecular flexibility index (Phi) is 5.05. The van der Waals surface area contributed by atoms with Crippen LogP contribution in [0.4, 0.5) is 0 Å². The summed E-state index contributed by atoms with van der Waals surface area (Å²) in [5, 5.41) is 21.1.